The maximum Gasteiger partial charge on any atom is 0.153 e. The van der Waals surface area contributed by atoms with E-state index in [1.807, 2.05) is 13.8 Å². The Morgan fingerprint density at radius 3 is 2.85 bits per heavy atom. The van der Waals surface area contributed by atoms with Gasteiger partial charge in [0.2, 0.25) is 0 Å². The molecule has 1 aromatic heterocycles. The largest absolute Gasteiger partial charge is 0.382 e. The van der Waals surface area contributed by atoms with Gasteiger partial charge in [-0.3, -0.25) is 4.99 Å². The Balaban J connectivity index is 3.06. The lowest BCUT2D eigenvalue weighted by Gasteiger charge is -2.00. The molecule has 2 N–H and O–H groups in total. The molecule has 0 bridgehead atoms. The Labute approximate surface area is 77.2 Å². The number of anilines is 1. The Bertz CT molecular complexity index is 334. The van der Waals surface area contributed by atoms with E-state index < -0.39 is 0 Å². The molecule has 0 unspecified atom stereocenters. The first kappa shape index (κ1) is 9.38. The third-order valence-corrected chi connectivity index (χ3v) is 1.45. The summed E-state index contributed by atoms with van der Waals surface area (Å²) in [6, 6.07) is 0. The van der Waals surface area contributed by atoms with Crippen molar-refractivity contribution in [3.8, 4) is 0 Å². The minimum Gasteiger partial charge on any atom is -0.382 e. The average Bonchev–Trinajstić information content (AvgIpc) is 2.03. The summed E-state index contributed by atoms with van der Waals surface area (Å²) in [5.41, 5.74) is 7.86. The summed E-state index contributed by atoms with van der Waals surface area (Å²) in [7, 11) is 0. The van der Waals surface area contributed by atoms with E-state index in [-0.39, 0.29) is 0 Å². The highest BCUT2D eigenvalue weighted by Crippen LogP contribution is 2.21. The van der Waals surface area contributed by atoms with Crippen LogP contribution in [-0.2, 0) is 0 Å². The van der Waals surface area contributed by atoms with Crippen LogP contribution in [-0.4, -0.2) is 16.2 Å². The summed E-state index contributed by atoms with van der Waals surface area (Å²) in [5.74, 6) is 0.394. The number of nitrogen functional groups attached to an aromatic ring is 1. The van der Waals surface area contributed by atoms with Crippen molar-refractivity contribution in [3.63, 3.8) is 0 Å². The molecule has 13 heavy (non-hydrogen) atoms. The van der Waals surface area contributed by atoms with Crippen molar-refractivity contribution < 1.29 is 0 Å². The van der Waals surface area contributed by atoms with Gasteiger partial charge in [0.1, 0.15) is 12.0 Å². The van der Waals surface area contributed by atoms with Gasteiger partial charge in [0.25, 0.3) is 0 Å². The number of aromatic nitrogens is 2. The summed E-state index contributed by atoms with van der Waals surface area (Å²) in [5, 5.41) is 0. The first-order chi connectivity index (χ1) is 6.11. The molecule has 0 aliphatic heterocycles. The Kier molecular flexibility index (Phi) is 2.74. The molecule has 0 saturated heterocycles. The number of aryl methyl sites for hydroxylation is 1. The van der Waals surface area contributed by atoms with Gasteiger partial charge in [-0.2, -0.15) is 0 Å². The van der Waals surface area contributed by atoms with E-state index in [0.717, 1.165) is 11.3 Å². The Morgan fingerprint density at radius 1 is 1.62 bits per heavy atom. The zero-order valence-electron chi connectivity index (χ0n) is 7.78. The van der Waals surface area contributed by atoms with Crippen molar-refractivity contribution in [2.24, 2.45) is 4.99 Å². The summed E-state index contributed by atoms with van der Waals surface area (Å²) in [6.45, 7) is 7.39. The van der Waals surface area contributed by atoms with E-state index in [0.29, 0.717) is 11.5 Å². The van der Waals surface area contributed by atoms with Crippen LogP contribution in [0.25, 0.3) is 0 Å². The maximum absolute atomic E-state index is 5.61. The predicted molar refractivity (Wildman–Crippen MR) is 54.1 cm³/mol. The number of hydrogen-bond acceptors (Lipinski definition) is 4. The lowest BCUT2D eigenvalue weighted by molar-refractivity contribution is 1.10. The molecule has 0 fully saturated rings. The molecule has 0 aliphatic carbocycles. The number of aliphatic imine (C=N–C) groups is 1. The van der Waals surface area contributed by atoms with Crippen LogP contribution >= 0.6 is 0 Å². The van der Waals surface area contributed by atoms with Gasteiger partial charge in [-0.25, -0.2) is 9.97 Å². The molecular weight excluding hydrogens is 164 g/mol. The van der Waals surface area contributed by atoms with Gasteiger partial charge in [-0.15, -0.1) is 0 Å². The molecule has 0 spiro atoms. The molecule has 0 amide bonds. The molecule has 4 heteroatoms. The third-order valence-electron chi connectivity index (χ3n) is 1.45. The second-order valence-electron chi connectivity index (χ2n) is 2.80. The van der Waals surface area contributed by atoms with Gasteiger partial charge in [0.05, 0.1) is 5.69 Å². The Morgan fingerprint density at radius 2 is 2.31 bits per heavy atom. The van der Waals surface area contributed by atoms with E-state index in [4.69, 9.17) is 5.73 Å². The molecule has 0 aromatic carbocycles. The molecule has 68 valence electrons. The van der Waals surface area contributed by atoms with Gasteiger partial charge in [-0.1, -0.05) is 6.58 Å². The second kappa shape index (κ2) is 3.80. The van der Waals surface area contributed by atoms with Gasteiger partial charge < -0.3 is 5.73 Å². The van der Waals surface area contributed by atoms with E-state index in [1.165, 1.54) is 6.33 Å². The number of allylic oxidation sites excluding steroid dienone is 1. The predicted octanol–water partition coefficient (Wildman–Crippen LogP) is 1.65. The molecule has 0 aliphatic rings. The fraction of sp³-hybridized carbons (Fsp3) is 0.222. The molecule has 1 rings (SSSR count). The van der Waals surface area contributed by atoms with Crippen LogP contribution in [0.15, 0.2) is 23.5 Å². The van der Waals surface area contributed by atoms with Crippen molar-refractivity contribution in [2.45, 2.75) is 13.8 Å². The van der Waals surface area contributed by atoms with Gasteiger partial charge >= 0.3 is 0 Å². The lowest BCUT2D eigenvalue weighted by Crippen LogP contribution is -1.94. The van der Waals surface area contributed by atoms with Crippen LogP contribution in [0.5, 0.6) is 0 Å². The first-order valence-corrected chi connectivity index (χ1v) is 3.88. The fourth-order valence-electron chi connectivity index (χ4n) is 0.820. The normalized spacial score (nSPS) is 10.6. The van der Waals surface area contributed by atoms with Crippen LogP contribution in [0.2, 0.25) is 0 Å². The summed E-state index contributed by atoms with van der Waals surface area (Å²) >= 11 is 0. The number of nitrogens with two attached hydrogens (primary N) is 1. The minimum atomic E-state index is 0.394. The fourth-order valence-corrected chi connectivity index (χ4v) is 0.820. The highest BCUT2D eigenvalue weighted by atomic mass is 15.0. The van der Waals surface area contributed by atoms with Crippen LogP contribution in [0, 0.1) is 6.92 Å². The quantitative estimate of drug-likeness (QED) is 0.697. The zero-order valence-corrected chi connectivity index (χ0v) is 7.78. The van der Waals surface area contributed by atoms with Crippen LogP contribution in [0.3, 0.4) is 0 Å². The van der Waals surface area contributed by atoms with Gasteiger partial charge in [-0.05, 0) is 19.4 Å². The monoisotopic (exact) mass is 176 g/mol. The van der Waals surface area contributed by atoms with Crippen LogP contribution in [0.1, 0.15) is 12.6 Å². The van der Waals surface area contributed by atoms with Gasteiger partial charge in [0.15, 0.2) is 5.82 Å². The number of rotatable bonds is 2. The van der Waals surface area contributed by atoms with E-state index in [9.17, 15) is 0 Å². The topological polar surface area (TPSA) is 64.2 Å². The number of nitrogens with zero attached hydrogens (tertiary/aromatic N) is 3. The minimum absolute atomic E-state index is 0.394. The van der Waals surface area contributed by atoms with Gasteiger partial charge in [0, 0.05) is 6.21 Å². The molecule has 4 nitrogen and oxygen atoms in total. The van der Waals surface area contributed by atoms with E-state index in [2.05, 4.69) is 21.5 Å². The number of hydrogen-bond donors (Lipinski definition) is 1. The van der Waals surface area contributed by atoms with Crippen molar-refractivity contribution in [2.75, 3.05) is 5.73 Å². The maximum atomic E-state index is 5.61. The molecule has 0 atom stereocenters. The van der Waals surface area contributed by atoms with E-state index >= 15 is 0 Å². The molecule has 1 heterocycles. The Hall–Kier alpha value is -1.71. The van der Waals surface area contributed by atoms with Crippen molar-refractivity contribution in [1.29, 1.82) is 0 Å². The zero-order chi connectivity index (χ0) is 9.84. The highest BCUT2D eigenvalue weighted by molar-refractivity contribution is 5.81. The molecule has 0 radical (unpaired) electrons. The van der Waals surface area contributed by atoms with Crippen LogP contribution < -0.4 is 5.73 Å². The molecular formula is C9H12N4. The van der Waals surface area contributed by atoms with Crippen molar-refractivity contribution in [3.05, 3.63) is 24.2 Å². The lowest BCUT2D eigenvalue weighted by atomic mass is 10.3. The highest BCUT2D eigenvalue weighted by Gasteiger charge is 2.01. The van der Waals surface area contributed by atoms with Crippen molar-refractivity contribution in [1.82, 2.24) is 9.97 Å². The standard InChI is InChI=1S/C9H12N4/c1-6(2)4-11-8-7(3)12-5-13-9(8)10/h4-5H,1H2,2-3H3,(H2,10,12,13)/b11-4-. The molecule has 1 aromatic rings. The summed E-state index contributed by atoms with van der Waals surface area (Å²) in [4.78, 5) is 12.0. The van der Waals surface area contributed by atoms with E-state index in [1.54, 1.807) is 6.21 Å². The molecule has 0 saturated carbocycles. The average molecular weight is 176 g/mol. The van der Waals surface area contributed by atoms with Crippen LogP contribution in [0.4, 0.5) is 11.5 Å². The first-order valence-electron chi connectivity index (χ1n) is 3.88. The SMILES string of the molecule is C=C(C)/C=N\c1c(C)ncnc1N. The summed E-state index contributed by atoms with van der Waals surface area (Å²) < 4.78 is 0. The second-order valence-corrected chi connectivity index (χ2v) is 2.80. The third kappa shape index (κ3) is 2.37. The summed E-state index contributed by atoms with van der Waals surface area (Å²) in [6.07, 6.45) is 3.06. The van der Waals surface area contributed by atoms with Crippen molar-refractivity contribution >= 4 is 17.7 Å². The smallest absolute Gasteiger partial charge is 0.153 e.